The summed E-state index contributed by atoms with van der Waals surface area (Å²) in [6.07, 6.45) is -5.14. The molecule has 0 aliphatic rings. The fourth-order valence-corrected chi connectivity index (χ4v) is 1.48. The average molecular weight is 368 g/mol. The number of halogens is 7. The lowest BCUT2D eigenvalue weighted by molar-refractivity contribution is -0.275. The van der Waals surface area contributed by atoms with Gasteiger partial charge in [-0.15, -0.1) is 25.6 Å². The molecule has 0 aliphatic heterocycles. The van der Waals surface area contributed by atoms with Gasteiger partial charge in [-0.2, -0.15) is 8.78 Å². The van der Waals surface area contributed by atoms with E-state index in [1.807, 2.05) is 0 Å². The molecular weight excluding hydrogens is 356 g/mol. The van der Waals surface area contributed by atoms with Gasteiger partial charge >= 0.3 is 18.3 Å². The van der Waals surface area contributed by atoms with Gasteiger partial charge in [-0.1, -0.05) is 6.07 Å². The van der Waals surface area contributed by atoms with Gasteiger partial charge < -0.3 is 15.2 Å². The van der Waals surface area contributed by atoms with Crippen LogP contribution in [0.1, 0.15) is 18.5 Å². The molecule has 1 rings (SSSR count). The van der Waals surface area contributed by atoms with Gasteiger partial charge in [0, 0.05) is 0 Å². The number of ether oxygens (including phenoxy) is 2. The third kappa shape index (κ3) is 5.47. The summed E-state index contributed by atoms with van der Waals surface area (Å²) < 4.78 is 84.1. The van der Waals surface area contributed by atoms with E-state index in [0.29, 0.717) is 18.2 Å². The molecule has 0 aliphatic carbocycles. The van der Waals surface area contributed by atoms with Crippen molar-refractivity contribution in [1.29, 1.82) is 0 Å². The summed E-state index contributed by atoms with van der Waals surface area (Å²) in [5.41, 5.74) is 4.58. The zero-order valence-electron chi connectivity index (χ0n) is 11.5. The number of alkyl halides is 5. The molecule has 132 valence electrons. The molecule has 0 radical (unpaired) electrons. The fraction of sp³-hybridized carbons (Fsp3) is 0.417. The first-order valence-electron chi connectivity index (χ1n) is 5.84. The molecule has 0 heterocycles. The number of nitrogens with two attached hydrogens (primary N) is 1. The Morgan fingerprint density at radius 3 is 2.26 bits per heavy atom. The number of hydrogen-bond donors (Lipinski definition) is 1. The van der Waals surface area contributed by atoms with Crippen molar-refractivity contribution in [3.63, 3.8) is 0 Å². The van der Waals surface area contributed by atoms with E-state index >= 15 is 0 Å². The van der Waals surface area contributed by atoms with Crippen LogP contribution in [0.25, 0.3) is 0 Å². The molecule has 1 atom stereocenters. The van der Waals surface area contributed by atoms with E-state index in [9.17, 15) is 31.1 Å². The van der Waals surface area contributed by atoms with E-state index < -0.39 is 41.4 Å². The van der Waals surface area contributed by atoms with E-state index in [-0.39, 0.29) is 19.0 Å². The molecule has 0 saturated carbocycles. The lowest BCUT2D eigenvalue weighted by Crippen LogP contribution is -2.41. The molecule has 0 bridgehead atoms. The Morgan fingerprint density at radius 1 is 1.26 bits per heavy atom. The average Bonchev–Trinajstić information content (AvgIpc) is 2.39. The minimum Gasteiger partial charge on any atom is -0.462 e. The number of esters is 1. The molecule has 0 aromatic heterocycles. The van der Waals surface area contributed by atoms with E-state index in [1.165, 1.54) is 6.92 Å². The second kappa shape index (κ2) is 7.73. The lowest BCUT2D eigenvalue weighted by Gasteiger charge is -2.22. The van der Waals surface area contributed by atoms with Crippen molar-refractivity contribution in [3.05, 3.63) is 29.6 Å². The van der Waals surface area contributed by atoms with E-state index in [2.05, 4.69) is 9.47 Å². The van der Waals surface area contributed by atoms with Gasteiger partial charge in [-0.25, -0.2) is 9.18 Å². The summed E-state index contributed by atoms with van der Waals surface area (Å²) in [5, 5.41) is 0. The Bertz CT molecular complexity index is 552. The third-order valence-electron chi connectivity index (χ3n) is 2.48. The first kappa shape index (κ1) is 21.3. The molecule has 2 N–H and O–H groups in total. The normalized spacial score (nSPS) is 13.0. The van der Waals surface area contributed by atoms with Gasteiger partial charge in [0.25, 0.3) is 0 Å². The molecule has 1 aromatic rings. The second-order valence-corrected chi connectivity index (χ2v) is 4.06. The number of benzene rings is 1. The summed E-state index contributed by atoms with van der Waals surface area (Å²) in [6, 6.07) is -0.777. The standard InChI is InChI=1S/C12H11F6NO3.ClH/c1-2-21-10(20)11(14,15)9(19)6-3-4-8(7(13)5-6)22-12(16,17)18;/h3-5,9H,2,19H2,1H3;1H/t9-;/m1./s1. The Balaban J connectivity index is 0.00000484. The van der Waals surface area contributed by atoms with E-state index in [4.69, 9.17) is 5.73 Å². The minimum atomic E-state index is -5.14. The largest absolute Gasteiger partial charge is 0.573 e. The Morgan fingerprint density at radius 2 is 1.83 bits per heavy atom. The molecule has 1 aromatic carbocycles. The molecule has 0 saturated heterocycles. The molecular formula is C12H12ClF6NO3. The van der Waals surface area contributed by atoms with Gasteiger partial charge in [0.2, 0.25) is 0 Å². The number of hydrogen-bond acceptors (Lipinski definition) is 4. The number of carbonyl (C=O) groups is 1. The quantitative estimate of drug-likeness (QED) is 0.640. The van der Waals surface area contributed by atoms with Gasteiger partial charge in [-0.05, 0) is 24.6 Å². The Hall–Kier alpha value is -1.68. The number of rotatable bonds is 5. The summed E-state index contributed by atoms with van der Waals surface area (Å²) in [7, 11) is 0. The molecule has 0 unspecified atom stereocenters. The highest BCUT2D eigenvalue weighted by molar-refractivity contribution is 5.85. The van der Waals surface area contributed by atoms with Crippen LogP contribution < -0.4 is 10.5 Å². The van der Waals surface area contributed by atoms with Crippen LogP contribution >= 0.6 is 12.4 Å². The van der Waals surface area contributed by atoms with Gasteiger partial charge in [-0.3, -0.25) is 0 Å². The van der Waals surface area contributed by atoms with Crippen molar-refractivity contribution in [1.82, 2.24) is 0 Å². The van der Waals surface area contributed by atoms with E-state index in [1.54, 1.807) is 0 Å². The van der Waals surface area contributed by atoms with Gasteiger partial charge in [0.05, 0.1) is 6.61 Å². The summed E-state index contributed by atoms with van der Waals surface area (Å²) in [4.78, 5) is 11.1. The molecule has 11 heteroatoms. The maximum atomic E-state index is 13.7. The van der Waals surface area contributed by atoms with Gasteiger partial charge in [0.1, 0.15) is 6.04 Å². The second-order valence-electron chi connectivity index (χ2n) is 4.06. The zero-order valence-corrected chi connectivity index (χ0v) is 12.3. The molecule has 4 nitrogen and oxygen atoms in total. The smallest absolute Gasteiger partial charge is 0.462 e. The van der Waals surface area contributed by atoms with Crippen LogP contribution in [-0.4, -0.2) is 24.9 Å². The highest BCUT2D eigenvalue weighted by atomic mass is 35.5. The molecule has 0 amide bonds. The highest BCUT2D eigenvalue weighted by Crippen LogP contribution is 2.33. The molecule has 23 heavy (non-hydrogen) atoms. The first-order valence-corrected chi connectivity index (χ1v) is 5.84. The minimum absolute atomic E-state index is 0. The monoisotopic (exact) mass is 367 g/mol. The van der Waals surface area contributed by atoms with Crippen LogP contribution in [0.3, 0.4) is 0 Å². The van der Waals surface area contributed by atoms with Crippen LogP contribution in [0.5, 0.6) is 5.75 Å². The van der Waals surface area contributed by atoms with Crippen LogP contribution in [0, 0.1) is 5.82 Å². The maximum absolute atomic E-state index is 13.7. The Labute approximate surface area is 132 Å². The van der Waals surface area contributed by atoms with Gasteiger partial charge in [0.15, 0.2) is 11.6 Å². The van der Waals surface area contributed by atoms with Crippen molar-refractivity contribution in [3.8, 4) is 5.75 Å². The predicted molar refractivity (Wildman–Crippen MR) is 68.8 cm³/mol. The van der Waals surface area contributed by atoms with E-state index in [0.717, 1.165) is 0 Å². The molecule has 0 fully saturated rings. The molecule has 0 spiro atoms. The van der Waals surface area contributed by atoms with Crippen molar-refractivity contribution in [2.75, 3.05) is 6.61 Å². The SMILES string of the molecule is CCOC(=O)C(F)(F)[C@H](N)c1ccc(OC(F)(F)F)c(F)c1.Cl. The zero-order chi connectivity index (χ0) is 17.1. The summed E-state index contributed by atoms with van der Waals surface area (Å²) >= 11 is 0. The highest BCUT2D eigenvalue weighted by Gasteiger charge is 2.48. The maximum Gasteiger partial charge on any atom is 0.573 e. The first-order chi connectivity index (χ1) is 9.99. The van der Waals surface area contributed by atoms with Crippen LogP contribution in [0.4, 0.5) is 26.3 Å². The van der Waals surface area contributed by atoms with Crippen LogP contribution in [-0.2, 0) is 9.53 Å². The number of carbonyl (C=O) groups excluding carboxylic acids is 1. The van der Waals surface area contributed by atoms with Crippen LogP contribution in [0.2, 0.25) is 0 Å². The predicted octanol–water partition coefficient (Wildman–Crippen LogP) is 3.34. The summed E-state index contributed by atoms with van der Waals surface area (Å²) in [5.74, 6) is -8.85. The van der Waals surface area contributed by atoms with Crippen molar-refractivity contribution < 1.29 is 40.6 Å². The topological polar surface area (TPSA) is 61.5 Å². The van der Waals surface area contributed by atoms with Crippen molar-refractivity contribution in [2.45, 2.75) is 25.3 Å². The Kier molecular flexibility index (Phi) is 7.17. The fourth-order valence-electron chi connectivity index (χ4n) is 1.48. The van der Waals surface area contributed by atoms with Crippen LogP contribution in [0.15, 0.2) is 18.2 Å². The van der Waals surface area contributed by atoms with Crippen molar-refractivity contribution >= 4 is 18.4 Å². The summed E-state index contributed by atoms with van der Waals surface area (Å²) in [6.45, 7) is 0.969. The van der Waals surface area contributed by atoms with Crippen molar-refractivity contribution in [2.24, 2.45) is 5.73 Å². The third-order valence-corrected chi connectivity index (χ3v) is 2.48. The lowest BCUT2D eigenvalue weighted by atomic mass is 10.0.